The third kappa shape index (κ3) is 2.53. The first-order valence-corrected chi connectivity index (χ1v) is 7.27. The van der Waals surface area contributed by atoms with Crippen molar-refractivity contribution in [2.45, 2.75) is 12.8 Å². The van der Waals surface area contributed by atoms with Crippen LogP contribution in [0.15, 0.2) is 53.3 Å². The lowest BCUT2D eigenvalue weighted by atomic mass is 10.1. The Kier molecular flexibility index (Phi) is 3.58. The summed E-state index contributed by atoms with van der Waals surface area (Å²) in [6, 6.07) is 14.0. The van der Waals surface area contributed by atoms with Crippen LogP contribution in [0, 0.1) is 0 Å². The predicted octanol–water partition coefficient (Wildman–Crippen LogP) is 4.54. The number of hydrogen-bond acceptors (Lipinski definition) is 1. The van der Waals surface area contributed by atoms with E-state index in [-0.39, 0.29) is 0 Å². The van der Waals surface area contributed by atoms with Gasteiger partial charge in [-0.05, 0) is 46.1 Å². The molecule has 0 saturated heterocycles. The van der Waals surface area contributed by atoms with E-state index < -0.39 is 0 Å². The highest BCUT2D eigenvalue weighted by molar-refractivity contribution is 9.10. The first-order valence-electron chi connectivity index (χ1n) is 6.10. The van der Waals surface area contributed by atoms with Crippen molar-refractivity contribution in [2.24, 2.45) is 0 Å². The standard InChI is InChI=1S/C15H12BrClN2/c16-15-13-7-3-4-10-19(13)14(18-15)9-8-11-5-1-2-6-12(11)17/h1-7,10H,8-9H2. The minimum Gasteiger partial charge on any atom is -0.303 e. The van der Waals surface area contributed by atoms with Crippen molar-refractivity contribution in [1.82, 2.24) is 9.38 Å². The van der Waals surface area contributed by atoms with Crippen LogP contribution in [-0.4, -0.2) is 9.38 Å². The van der Waals surface area contributed by atoms with Gasteiger partial charge in [0, 0.05) is 17.6 Å². The first kappa shape index (κ1) is 12.7. The summed E-state index contributed by atoms with van der Waals surface area (Å²) in [7, 11) is 0. The highest BCUT2D eigenvalue weighted by Gasteiger charge is 2.09. The maximum Gasteiger partial charge on any atom is 0.132 e. The second kappa shape index (κ2) is 5.35. The van der Waals surface area contributed by atoms with E-state index >= 15 is 0 Å². The molecular weight excluding hydrogens is 324 g/mol. The Bertz CT molecular complexity index is 721. The maximum atomic E-state index is 6.18. The molecule has 96 valence electrons. The van der Waals surface area contributed by atoms with Gasteiger partial charge >= 0.3 is 0 Å². The molecule has 1 aromatic carbocycles. The Morgan fingerprint density at radius 1 is 1.05 bits per heavy atom. The van der Waals surface area contributed by atoms with Crippen LogP contribution in [0.1, 0.15) is 11.4 Å². The van der Waals surface area contributed by atoms with Crippen molar-refractivity contribution in [3.05, 3.63) is 69.7 Å². The highest BCUT2D eigenvalue weighted by atomic mass is 79.9. The van der Waals surface area contributed by atoms with Crippen LogP contribution in [0.2, 0.25) is 5.02 Å². The van der Waals surface area contributed by atoms with Crippen molar-refractivity contribution in [3.63, 3.8) is 0 Å². The molecule has 0 unspecified atom stereocenters. The number of fused-ring (bicyclic) bond motifs is 1. The fourth-order valence-electron chi connectivity index (χ4n) is 2.18. The second-order valence-corrected chi connectivity index (χ2v) is 5.52. The quantitative estimate of drug-likeness (QED) is 0.687. The molecular formula is C15H12BrClN2. The van der Waals surface area contributed by atoms with Gasteiger partial charge in [0.25, 0.3) is 0 Å². The van der Waals surface area contributed by atoms with Gasteiger partial charge in [0.1, 0.15) is 10.4 Å². The molecule has 19 heavy (non-hydrogen) atoms. The van der Waals surface area contributed by atoms with Gasteiger partial charge < -0.3 is 4.40 Å². The van der Waals surface area contributed by atoms with Gasteiger partial charge in [0.05, 0.1) is 5.52 Å². The number of aryl methyl sites for hydroxylation is 2. The van der Waals surface area contributed by atoms with Gasteiger partial charge in [-0.2, -0.15) is 0 Å². The van der Waals surface area contributed by atoms with Crippen molar-refractivity contribution in [1.29, 1.82) is 0 Å². The summed E-state index contributed by atoms with van der Waals surface area (Å²) in [4.78, 5) is 4.57. The summed E-state index contributed by atoms with van der Waals surface area (Å²) in [5, 5.41) is 0.822. The molecule has 0 aliphatic carbocycles. The monoisotopic (exact) mass is 334 g/mol. The molecule has 4 heteroatoms. The largest absolute Gasteiger partial charge is 0.303 e. The number of imidazole rings is 1. The van der Waals surface area contributed by atoms with Gasteiger partial charge in [-0.3, -0.25) is 0 Å². The number of pyridine rings is 1. The number of nitrogens with zero attached hydrogens (tertiary/aromatic N) is 2. The molecule has 0 amide bonds. The Morgan fingerprint density at radius 2 is 1.84 bits per heavy atom. The van der Waals surface area contributed by atoms with Crippen LogP contribution in [0.5, 0.6) is 0 Å². The van der Waals surface area contributed by atoms with Crippen molar-refractivity contribution in [3.8, 4) is 0 Å². The molecule has 2 nitrogen and oxygen atoms in total. The molecule has 0 N–H and O–H groups in total. The summed E-state index contributed by atoms with van der Waals surface area (Å²) >= 11 is 9.68. The summed E-state index contributed by atoms with van der Waals surface area (Å²) < 4.78 is 3.00. The molecule has 3 aromatic rings. The lowest BCUT2D eigenvalue weighted by Crippen LogP contribution is -1.98. The third-order valence-electron chi connectivity index (χ3n) is 3.15. The summed E-state index contributed by atoms with van der Waals surface area (Å²) in [6.07, 6.45) is 3.79. The van der Waals surface area contributed by atoms with Crippen molar-refractivity contribution < 1.29 is 0 Å². The van der Waals surface area contributed by atoms with E-state index in [1.165, 1.54) is 0 Å². The number of rotatable bonds is 3. The van der Waals surface area contributed by atoms with Gasteiger partial charge in [-0.25, -0.2) is 4.98 Å². The maximum absolute atomic E-state index is 6.18. The number of hydrogen-bond donors (Lipinski definition) is 0. The number of aromatic nitrogens is 2. The van der Waals surface area contributed by atoms with Crippen molar-refractivity contribution in [2.75, 3.05) is 0 Å². The molecule has 0 aliphatic heterocycles. The van der Waals surface area contributed by atoms with E-state index in [0.29, 0.717) is 0 Å². The van der Waals surface area contributed by atoms with Crippen molar-refractivity contribution >= 4 is 33.0 Å². The van der Waals surface area contributed by atoms with E-state index in [9.17, 15) is 0 Å². The van der Waals surface area contributed by atoms with E-state index in [1.807, 2.05) is 36.5 Å². The van der Waals surface area contributed by atoms with Crippen LogP contribution in [0.3, 0.4) is 0 Å². The highest BCUT2D eigenvalue weighted by Crippen LogP contribution is 2.21. The smallest absolute Gasteiger partial charge is 0.132 e. The van der Waals surface area contributed by atoms with Crippen LogP contribution in [0.25, 0.3) is 5.52 Å². The zero-order chi connectivity index (χ0) is 13.2. The third-order valence-corrected chi connectivity index (χ3v) is 4.10. The van der Waals surface area contributed by atoms with E-state index in [0.717, 1.165) is 39.4 Å². The Labute approximate surface area is 125 Å². The van der Waals surface area contributed by atoms with E-state index in [4.69, 9.17) is 11.6 Å². The Balaban J connectivity index is 1.88. The fourth-order valence-corrected chi connectivity index (χ4v) is 2.94. The lowest BCUT2D eigenvalue weighted by Gasteiger charge is -2.03. The predicted molar refractivity (Wildman–Crippen MR) is 81.8 cm³/mol. The zero-order valence-corrected chi connectivity index (χ0v) is 12.5. The van der Waals surface area contributed by atoms with Gasteiger partial charge in [0.2, 0.25) is 0 Å². The molecule has 0 atom stereocenters. The molecule has 0 saturated carbocycles. The zero-order valence-electron chi connectivity index (χ0n) is 10.2. The molecule has 0 spiro atoms. The summed E-state index contributed by atoms with van der Waals surface area (Å²) in [5.41, 5.74) is 2.25. The van der Waals surface area contributed by atoms with Crippen LogP contribution in [0.4, 0.5) is 0 Å². The molecule has 0 bridgehead atoms. The van der Waals surface area contributed by atoms with Gasteiger partial charge in [0.15, 0.2) is 0 Å². The molecule has 2 aromatic heterocycles. The SMILES string of the molecule is Clc1ccccc1CCc1nc(Br)c2ccccn12. The van der Waals surface area contributed by atoms with Gasteiger partial charge in [-0.15, -0.1) is 0 Å². The van der Waals surface area contributed by atoms with Crippen LogP contribution >= 0.6 is 27.5 Å². The molecule has 0 radical (unpaired) electrons. The molecule has 3 rings (SSSR count). The minimum absolute atomic E-state index is 0.822. The molecule has 0 fully saturated rings. The number of benzene rings is 1. The van der Waals surface area contributed by atoms with Gasteiger partial charge in [-0.1, -0.05) is 35.9 Å². The molecule has 0 aliphatic rings. The second-order valence-electron chi connectivity index (χ2n) is 4.37. The van der Waals surface area contributed by atoms with E-state index in [2.05, 4.69) is 37.4 Å². The molecule has 2 heterocycles. The number of halogens is 2. The first-order chi connectivity index (χ1) is 9.25. The van der Waals surface area contributed by atoms with E-state index in [1.54, 1.807) is 0 Å². The minimum atomic E-state index is 0.822. The van der Waals surface area contributed by atoms with Crippen LogP contribution in [-0.2, 0) is 12.8 Å². The summed E-state index contributed by atoms with van der Waals surface area (Å²) in [5.74, 6) is 1.04. The average Bonchev–Trinajstić information content (AvgIpc) is 2.75. The Morgan fingerprint density at radius 3 is 2.68 bits per heavy atom. The van der Waals surface area contributed by atoms with Crippen LogP contribution < -0.4 is 0 Å². The average molecular weight is 336 g/mol. The Hall–Kier alpha value is -1.32. The summed E-state index contributed by atoms with van der Waals surface area (Å²) in [6.45, 7) is 0. The fraction of sp³-hybridized carbons (Fsp3) is 0.133. The topological polar surface area (TPSA) is 17.3 Å². The lowest BCUT2D eigenvalue weighted by molar-refractivity contribution is 0.852. The normalized spacial score (nSPS) is 11.1.